The van der Waals surface area contributed by atoms with E-state index < -0.39 is 0 Å². The number of ether oxygens (including phenoxy) is 1. The summed E-state index contributed by atoms with van der Waals surface area (Å²) in [6.45, 7) is 7.73. The maximum absolute atomic E-state index is 5.40. The Hall–Kier alpha value is -0.0400. The van der Waals surface area contributed by atoms with Crippen LogP contribution in [0.5, 0.6) is 0 Å². The summed E-state index contributed by atoms with van der Waals surface area (Å²) in [4.78, 5) is 0. The molecule has 1 rings (SSSR count). The third-order valence-corrected chi connectivity index (χ3v) is 2.32. The first-order chi connectivity index (χ1) is 4.25. The van der Waals surface area contributed by atoms with Crippen molar-refractivity contribution in [3.63, 3.8) is 0 Å². The Morgan fingerprint density at radius 2 is 2.33 bits per heavy atom. The van der Waals surface area contributed by atoms with Gasteiger partial charge in [-0.15, -0.1) is 0 Å². The van der Waals surface area contributed by atoms with Gasteiger partial charge in [0.15, 0.2) is 0 Å². The lowest BCUT2D eigenvalue weighted by atomic mass is 9.88. The van der Waals surface area contributed by atoms with Crippen LogP contribution >= 0.6 is 0 Å². The van der Waals surface area contributed by atoms with Crippen LogP contribution in [0.1, 0.15) is 27.2 Å². The molecule has 0 aliphatic carbocycles. The van der Waals surface area contributed by atoms with E-state index in [-0.39, 0.29) is 0 Å². The zero-order valence-electron chi connectivity index (χ0n) is 6.55. The molecule has 0 bridgehead atoms. The van der Waals surface area contributed by atoms with E-state index in [0.717, 1.165) is 18.4 Å². The minimum Gasteiger partial charge on any atom is -0.377 e. The Morgan fingerprint density at radius 3 is 2.44 bits per heavy atom. The van der Waals surface area contributed by atoms with Crippen molar-refractivity contribution in [2.24, 2.45) is 11.8 Å². The lowest BCUT2D eigenvalue weighted by molar-refractivity contribution is -0.133. The minimum atomic E-state index is 0.565. The van der Waals surface area contributed by atoms with Crippen LogP contribution in [0, 0.1) is 11.8 Å². The molecular weight excluding hydrogens is 112 g/mol. The summed E-state index contributed by atoms with van der Waals surface area (Å²) in [6.07, 6.45) is 1.81. The summed E-state index contributed by atoms with van der Waals surface area (Å²) in [5, 5.41) is 0. The summed E-state index contributed by atoms with van der Waals surface area (Å²) in [6, 6.07) is 0. The largest absolute Gasteiger partial charge is 0.377 e. The van der Waals surface area contributed by atoms with Crippen LogP contribution in [-0.4, -0.2) is 12.7 Å². The van der Waals surface area contributed by atoms with Gasteiger partial charge < -0.3 is 4.74 Å². The zero-order chi connectivity index (χ0) is 6.85. The number of hydrogen-bond acceptors (Lipinski definition) is 1. The number of rotatable bonds is 2. The van der Waals surface area contributed by atoms with Gasteiger partial charge in [-0.05, 0) is 5.92 Å². The van der Waals surface area contributed by atoms with Crippen molar-refractivity contribution in [3.05, 3.63) is 0 Å². The highest BCUT2D eigenvalue weighted by Gasteiger charge is 2.31. The summed E-state index contributed by atoms with van der Waals surface area (Å²) < 4.78 is 5.40. The van der Waals surface area contributed by atoms with Crippen LogP contribution in [0.2, 0.25) is 0 Å². The maximum atomic E-state index is 5.40. The highest BCUT2D eigenvalue weighted by atomic mass is 16.5. The lowest BCUT2D eigenvalue weighted by Crippen LogP contribution is -2.42. The third kappa shape index (κ3) is 1.26. The van der Waals surface area contributed by atoms with Crippen LogP contribution in [0.3, 0.4) is 0 Å². The summed E-state index contributed by atoms with van der Waals surface area (Å²) >= 11 is 0. The van der Waals surface area contributed by atoms with E-state index in [1.807, 2.05) is 0 Å². The first-order valence-corrected chi connectivity index (χ1v) is 3.87. The van der Waals surface area contributed by atoms with E-state index in [1.165, 1.54) is 6.42 Å². The van der Waals surface area contributed by atoms with Gasteiger partial charge in [-0.3, -0.25) is 0 Å². The molecule has 0 aromatic carbocycles. The molecule has 1 aliphatic heterocycles. The van der Waals surface area contributed by atoms with Crippen LogP contribution in [0.4, 0.5) is 0 Å². The molecule has 1 heterocycles. The van der Waals surface area contributed by atoms with Gasteiger partial charge >= 0.3 is 0 Å². The summed E-state index contributed by atoms with van der Waals surface area (Å²) in [5.41, 5.74) is 0. The summed E-state index contributed by atoms with van der Waals surface area (Å²) in [5.74, 6) is 1.56. The van der Waals surface area contributed by atoms with Crippen molar-refractivity contribution in [1.82, 2.24) is 0 Å². The Morgan fingerprint density at radius 1 is 1.67 bits per heavy atom. The highest BCUT2D eigenvalue weighted by molar-refractivity contribution is 4.78. The maximum Gasteiger partial charge on any atom is 0.0648 e. The second kappa shape index (κ2) is 2.70. The van der Waals surface area contributed by atoms with E-state index >= 15 is 0 Å². The van der Waals surface area contributed by atoms with Gasteiger partial charge in [0.25, 0.3) is 0 Å². The van der Waals surface area contributed by atoms with Gasteiger partial charge in [-0.25, -0.2) is 0 Å². The van der Waals surface area contributed by atoms with E-state index in [9.17, 15) is 0 Å². The van der Waals surface area contributed by atoms with Crippen molar-refractivity contribution in [2.75, 3.05) is 6.61 Å². The standard InChI is InChI=1S/C8H16O/c1-4-6(2)8-7(3)5-9-8/h6-8H,4-5H2,1-3H3. The van der Waals surface area contributed by atoms with Crippen LogP contribution in [0.25, 0.3) is 0 Å². The molecule has 1 heteroatoms. The molecule has 54 valence electrons. The van der Waals surface area contributed by atoms with E-state index in [2.05, 4.69) is 20.8 Å². The molecule has 9 heavy (non-hydrogen) atoms. The van der Waals surface area contributed by atoms with Crippen molar-refractivity contribution in [1.29, 1.82) is 0 Å². The van der Waals surface area contributed by atoms with Crippen molar-refractivity contribution >= 4 is 0 Å². The SMILES string of the molecule is CCC(C)C1OCC1C. The fourth-order valence-electron chi connectivity index (χ4n) is 1.36. The molecule has 3 atom stereocenters. The van der Waals surface area contributed by atoms with E-state index in [4.69, 9.17) is 4.74 Å². The molecule has 0 saturated carbocycles. The topological polar surface area (TPSA) is 9.23 Å². The second-order valence-corrected chi connectivity index (χ2v) is 3.16. The van der Waals surface area contributed by atoms with E-state index in [1.54, 1.807) is 0 Å². The molecule has 0 spiro atoms. The third-order valence-electron chi connectivity index (χ3n) is 2.32. The summed E-state index contributed by atoms with van der Waals surface area (Å²) in [7, 11) is 0. The molecule has 1 fully saturated rings. The molecule has 0 aromatic heterocycles. The molecule has 0 amide bonds. The Kier molecular flexibility index (Phi) is 2.12. The average Bonchev–Trinajstić information content (AvgIpc) is 1.84. The molecule has 0 N–H and O–H groups in total. The van der Waals surface area contributed by atoms with Crippen molar-refractivity contribution in [3.8, 4) is 0 Å². The zero-order valence-corrected chi connectivity index (χ0v) is 6.55. The molecule has 1 aliphatic rings. The molecule has 0 radical (unpaired) electrons. The Labute approximate surface area is 57.4 Å². The van der Waals surface area contributed by atoms with Gasteiger partial charge in [0.2, 0.25) is 0 Å². The first kappa shape index (κ1) is 7.07. The molecule has 1 nitrogen and oxygen atoms in total. The van der Waals surface area contributed by atoms with Gasteiger partial charge in [0.1, 0.15) is 0 Å². The van der Waals surface area contributed by atoms with Crippen LogP contribution in [-0.2, 0) is 4.74 Å². The normalized spacial score (nSPS) is 37.7. The van der Waals surface area contributed by atoms with Crippen molar-refractivity contribution < 1.29 is 4.74 Å². The molecule has 1 saturated heterocycles. The van der Waals surface area contributed by atoms with Gasteiger partial charge in [0.05, 0.1) is 12.7 Å². The predicted molar refractivity (Wildman–Crippen MR) is 38.4 cm³/mol. The quantitative estimate of drug-likeness (QED) is 0.553. The average molecular weight is 128 g/mol. The first-order valence-electron chi connectivity index (χ1n) is 3.87. The molecule has 0 aromatic rings. The molecule has 3 unspecified atom stereocenters. The lowest BCUT2D eigenvalue weighted by Gasteiger charge is -2.38. The molecular formula is C8H16O. The second-order valence-electron chi connectivity index (χ2n) is 3.16. The Balaban J connectivity index is 2.25. The van der Waals surface area contributed by atoms with Gasteiger partial charge in [-0.1, -0.05) is 27.2 Å². The smallest absolute Gasteiger partial charge is 0.0648 e. The predicted octanol–water partition coefficient (Wildman–Crippen LogP) is 2.07. The van der Waals surface area contributed by atoms with Gasteiger partial charge in [-0.2, -0.15) is 0 Å². The highest BCUT2D eigenvalue weighted by Crippen LogP contribution is 2.27. The van der Waals surface area contributed by atoms with Crippen LogP contribution in [0.15, 0.2) is 0 Å². The van der Waals surface area contributed by atoms with E-state index in [0.29, 0.717) is 6.10 Å². The number of hydrogen-bond donors (Lipinski definition) is 0. The van der Waals surface area contributed by atoms with Crippen molar-refractivity contribution in [2.45, 2.75) is 33.3 Å². The fraction of sp³-hybridized carbons (Fsp3) is 1.00. The van der Waals surface area contributed by atoms with Gasteiger partial charge in [0, 0.05) is 5.92 Å². The minimum absolute atomic E-state index is 0.565. The van der Waals surface area contributed by atoms with Crippen LogP contribution < -0.4 is 0 Å². The monoisotopic (exact) mass is 128 g/mol. The Bertz CT molecular complexity index is 90.6. The fourth-order valence-corrected chi connectivity index (χ4v) is 1.36.